The van der Waals surface area contributed by atoms with Crippen LogP contribution in [0.3, 0.4) is 0 Å². The fraction of sp³-hybridized carbons (Fsp3) is 0.467. The molecule has 1 N–H and O–H groups in total. The third-order valence-corrected chi connectivity index (χ3v) is 2.48. The summed E-state index contributed by atoms with van der Waals surface area (Å²) in [5.74, 6) is 4.19. The number of benzene rings is 1. The quantitative estimate of drug-likeness (QED) is 0.593. The zero-order valence-corrected chi connectivity index (χ0v) is 11.3. The van der Waals surface area contributed by atoms with E-state index >= 15 is 0 Å². The van der Waals surface area contributed by atoms with Crippen LogP contribution in [-0.4, -0.2) is 19.8 Å². The van der Waals surface area contributed by atoms with Crippen LogP contribution in [0.4, 0.5) is 0 Å². The van der Waals surface area contributed by atoms with Crippen molar-refractivity contribution in [2.45, 2.75) is 32.9 Å². The number of rotatable bonds is 7. The first-order valence-corrected chi connectivity index (χ1v) is 6.14. The maximum Gasteiger partial charge on any atom is 0.127 e. The third kappa shape index (κ3) is 4.68. The number of ether oxygens (including phenoxy) is 2. The van der Waals surface area contributed by atoms with Crippen molar-refractivity contribution in [3.63, 3.8) is 0 Å². The zero-order chi connectivity index (χ0) is 13.4. The van der Waals surface area contributed by atoms with Crippen molar-refractivity contribution in [3.8, 4) is 23.8 Å². The highest BCUT2D eigenvalue weighted by Crippen LogP contribution is 2.25. The Bertz CT molecular complexity index is 407. The molecule has 0 fully saturated rings. The van der Waals surface area contributed by atoms with Gasteiger partial charge in [0, 0.05) is 30.6 Å². The van der Waals surface area contributed by atoms with Gasteiger partial charge in [-0.3, -0.25) is 0 Å². The summed E-state index contributed by atoms with van der Waals surface area (Å²) < 4.78 is 10.9. The number of hydrogen-bond acceptors (Lipinski definition) is 3. The van der Waals surface area contributed by atoms with Crippen molar-refractivity contribution >= 4 is 0 Å². The lowest BCUT2D eigenvalue weighted by molar-refractivity contribution is 0.319. The maximum absolute atomic E-state index is 5.69. The molecule has 0 heterocycles. The number of nitrogens with one attached hydrogen (secondary N) is 1. The van der Waals surface area contributed by atoms with E-state index in [0.717, 1.165) is 23.6 Å². The summed E-state index contributed by atoms with van der Waals surface area (Å²) in [5, 5.41) is 3.37. The SMILES string of the molecule is C#CCCOc1cc(OC)ccc1CNC(C)C. The van der Waals surface area contributed by atoms with Crippen LogP contribution in [0.15, 0.2) is 18.2 Å². The summed E-state index contributed by atoms with van der Waals surface area (Å²) in [7, 11) is 1.65. The Morgan fingerprint density at radius 3 is 2.78 bits per heavy atom. The Morgan fingerprint density at radius 1 is 1.39 bits per heavy atom. The number of methoxy groups -OCH3 is 1. The number of hydrogen-bond donors (Lipinski definition) is 1. The lowest BCUT2D eigenvalue weighted by Crippen LogP contribution is -2.22. The molecule has 0 amide bonds. The second-order valence-corrected chi connectivity index (χ2v) is 4.31. The smallest absolute Gasteiger partial charge is 0.127 e. The van der Waals surface area contributed by atoms with Crippen molar-refractivity contribution < 1.29 is 9.47 Å². The minimum Gasteiger partial charge on any atom is -0.497 e. The van der Waals surface area contributed by atoms with Gasteiger partial charge < -0.3 is 14.8 Å². The molecule has 0 aromatic heterocycles. The Morgan fingerprint density at radius 2 is 2.17 bits per heavy atom. The van der Waals surface area contributed by atoms with Gasteiger partial charge in [0.25, 0.3) is 0 Å². The standard InChI is InChI=1S/C15H21NO2/c1-5-6-9-18-15-10-14(17-4)8-7-13(15)11-16-12(2)3/h1,7-8,10,12,16H,6,9,11H2,2-4H3. The van der Waals surface area contributed by atoms with Gasteiger partial charge in [-0.05, 0) is 6.07 Å². The van der Waals surface area contributed by atoms with Crippen LogP contribution in [0.25, 0.3) is 0 Å². The monoisotopic (exact) mass is 247 g/mol. The molecule has 3 heteroatoms. The largest absolute Gasteiger partial charge is 0.497 e. The van der Waals surface area contributed by atoms with E-state index in [1.165, 1.54) is 0 Å². The Labute approximate surface area is 109 Å². The molecule has 0 spiro atoms. The Kier molecular flexibility index (Phi) is 6.10. The molecule has 1 aromatic rings. The van der Waals surface area contributed by atoms with E-state index in [1.54, 1.807) is 7.11 Å². The van der Waals surface area contributed by atoms with Gasteiger partial charge in [-0.25, -0.2) is 0 Å². The molecule has 0 radical (unpaired) electrons. The first-order valence-electron chi connectivity index (χ1n) is 6.14. The van der Waals surface area contributed by atoms with Crippen LogP contribution in [0.5, 0.6) is 11.5 Å². The highest BCUT2D eigenvalue weighted by atomic mass is 16.5. The molecule has 0 aliphatic carbocycles. The van der Waals surface area contributed by atoms with Crippen molar-refractivity contribution in [2.24, 2.45) is 0 Å². The van der Waals surface area contributed by atoms with Gasteiger partial charge in [-0.2, -0.15) is 0 Å². The van der Waals surface area contributed by atoms with Crippen LogP contribution in [-0.2, 0) is 6.54 Å². The molecule has 0 saturated heterocycles. The van der Waals surface area contributed by atoms with Gasteiger partial charge in [-0.15, -0.1) is 12.3 Å². The van der Waals surface area contributed by atoms with Gasteiger partial charge in [0.2, 0.25) is 0 Å². The summed E-state index contributed by atoms with van der Waals surface area (Å²) in [6, 6.07) is 6.28. The second kappa shape index (κ2) is 7.62. The van der Waals surface area contributed by atoms with E-state index in [9.17, 15) is 0 Å². The first-order chi connectivity index (χ1) is 8.67. The minimum absolute atomic E-state index is 0.436. The molecule has 3 nitrogen and oxygen atoms in total. The normalized spacial score (nSPS) is 10.2. The predicted octanol–water partition coefficient (Wildman–Crippen LogP) is 2.60. The van der Waals surface area contributed by atoms with Gasteiger partial charge in [-0.1, -0.05) is 19.9 Å². The molecule has 0 bridgehead atoms. The van der Waals surface area contributed by atoms with E-state index in [1.807, 2.05) is 18.2 Å². The summed E-state index contributed by atoms with van der Waals surface area (Å²) in [5.41, 5.74) is 1.11. The third-order valence-electron chi connectivity index (χ3n) is 2.48. The van der Waals surface area contributed by atoms with E-state index in [0.29, 0.717) is 19.1 Å². The molecular formula is C15H21NO2. The van der Waals surface area contributed by atoms with E-state index in [2.05, 4.69) is 25.1 Å². The summed E-state index contributed by atoms with van der Waals surface area (Å²) >= 11 is 0. The summed E-state index contributed by atoms with van der Waals surface area (Å²) in [4.78, 5) is 0. The van der Waals surface area contributed by atoms with Crippen LogP contribution >= 0.6 is 0 Å². The molecule has 0 atom stereocenters. The molecule has 0 aliphatic rings. The molecule has 0 aliphatic heterocycles. The van der Waals surface area contributed by atoms with Gasteiger partial charge in [0.05, 0.1) is 13.7 Å². The average Bonchev–Trinajstić information content (AvgIpc) is 2.37. The van der Waals surface area contributed by atoms with Crippen LogP contribution in [0.1, 0.15) is 25.8 Å². The van der Waals surface area contributed by atoms with Crippen molar-refractivity contribution in [3.05, 3.63) is 23.8 Å². The topological polar surface area (TPSA) is 30.5 Å². The van der Waals surface area contributed by atoms with E-state index in [4.69, 9.17) is 15.9 Å². The fourth-order valence-corrected chi connectivity index (χ4v) is 1.48. The van der Waals surface area contributed by atoms with Gasteiger partial charge >= 0.3 is 0 Å². The lowest BCUT2D eigenvalue weighted by Gasteiger charge is -2.14. The number of terminal acetylenes is 1. The van der Waals surface area contributed by atoms with Gasteiger partial charge in [0.15, 0.2) is 0 Å². The Balaban J connectivity index is 2.76. The molecule has 1 aromatic carbocycles. The van der Waals surface area contributed by atoms with E-state index in [-0.39, 0.29) is 0 Å². The summed E-state index contributed by atoms with van der Waals surface area (Å²) in [6.45, 7) is 5.52. The fourth-order valence-electron chi connectivity index (χ4n) is 1.48. The zero-order valence-electron chi connectivity index (χ0n) is 11.3. The van der Waals surface area contributed by atoms with E-state index < -0.39 is 0 Å². The van der Waals surface area contributed by atoms with Crippen molar-refractivity contribution in [1.29, 1.82) is 0 Å². The second-order valence-electron chi connectivity index (χ2n) is 4.31. The van der Waals surface area contributed by atoms with Crippen molar-refractivity contribution in [2.75, 3.05) is 13.7 Å². The van der Waals surface area contributed by atoms with Crippen LogP contribution in [0, 0.1) is 12.3 Å². The lowest BCUT2D eigenvalue weighted by atomic mass is 10.2. The minimum atomic E-state index is 0.436. The molecule has 0 saturated carbocycles. The average molecular weight is 247 g/mol. The molecule has 0 unspecified atom stereocenters. The van der Waals surface area contributed by atoms with Crippen LogP contribution < -0.4 is 14.8 Å². The first kappa shape index (κ1) is 14.4. The summed E-state index contributed by atoms with van der Waals surface area (Å²) in [6.07, 6.45) is 5.82. The molecule has 98 valence electrons. The Hall–Kier alpha value is -1.66. The highest BCUT2D eigenvalue weighted by Gasteiger charge is 2.06. The highest BCUT2D eigenvalue weighted by molar-refractivity contribution is 5.40. The molecule has 1 rings (SSSR count). The predicted molar refractivity (Wildman–Crippen MR) is 73.9 cm³/mol. The molecular weight excluding hydrogens is 226 g/mol. The molecule has 18 heavy (non-hydrogen) atoms. The van der Waals surface area contributed by atoms with Crippen LogP contribution in [0.2, 0.25) is 0 Å². The van der Waals surface area contributed by atoms with Crippen molar-refractivity contribution in [1.82, 2.24) is 5.32 Å². The maximum atomic E-state index is 5.69. The van der Waals surface area contributed by atoms with Gasteiger partial charge in [0.1, 0.15) is 11.5 Å².